The lowest BCUT2D eigenvalue weighted by molar-refractivity contribution is 0.0999. The van der Waals surface area contributed by atoms with Gasteiger partial charge in [0, 0.05) is 6.20 Å². The molecule has 0 saturated heterocycles. The molecule has 0 aliphatic heterocycles. The number of primary amides is 1. The molecule has 1 aromatic rings. The fourth-order valence-corrected chi connectivity index (χ4v) is 2.36. The predicted octanol–water partition coefficient (Wildman–Crippen LogP) is 1.55. The van der Waals surface area contributed by atoms with Crippen molar-refractivity contribution in [2.24, 2.45) is 5.73 Å². The number of nitrogens with one attached hydrogen (secondary N) is 1. The Kier molecular flexibility index (Phi) is 4.04. The first-order chi connectivity index (χ1) is 8.58. The Bertz CT molecular complexity index is 453. The summed E-state index contributed by atoms with van der Waals surface area (Å²) in [4.78, 5) is 15.0. The van der Waals surface area contributed by atoms with Crippen molar-refractivity contribution < 1.29 is 9.90 Å². The van der Waals surface area contributed by atoms with Crippen LogP contribution in [0.3, 0.4) is 0 Å². The number of pyridine rings is 1. The molecule has 2 atom stereocenters. The molecule has 4 N–H and O–H groups in total. The Morgan fingerprint density at radius 3 is 2.83 bits per heavy atom. The summed E-state index contributed by atoms with van der Waals surface area (Å²) in [7, 11) is 0. The normalized spacial score (nSPS) is 23.7. The molecule has 0 radical (unpaired) electrons. The maximum absolute atomic E-state index is 11.0. The summed E-state index contributed by atoms with van der Waals surface area (Å²) in [6.07, 6.45) is 4.79. The molecule has 5 nitrogen and oxygen atoms in total. The Labute approximate surface area is 110 Å². The maximum atomic E-state index is 11.0. The third-order valence-corrected chi connectivity index (χ3v) is 3.47. The highest BCUT2D eigenvalue weighted by atomic mass is 35.5. The van der Waals surface area contributed by atoms with Gasteiger partial charge in [-0.3, -0.25) is 4.79 Å². The third kappa shape index (κ3) is 2.91. The van der Waals surface area contributed by atoms with Crippen LogP contribution in [0.4, 0.5) is 5.82 Å². The van der Waals surface area contributed by atoms with Gasteiger partial charge in [-0.15, -0.1) is 0 Å². The fraction of sp³-hybridized carbons (Fsp3) is 0.500. The second-order valence-corrected chi connectivity index (χ2v) is 4.93. The number of nitrogens with two attached hydrogens (primary N) is 1. The van der Waals surface area contributed by atoms with E-state index in [1.54, 1.807) is 0 Å². The van der Waals surface area contributed by atoms with Crippen LogP contribution in [0.1, 0.15) is 36.0 Å². The van der Waals surface area contributed by atoms with Gasteiger partial charge in [-0.05, 0) is 18.9 Å². The highest BCUT2D eigenvalue weighted by Crippen LogP contribution is 2.25. The van der Waals surface area contributed by atoms with E-state index in [9.17, 15) is 9.90 Å². The summed E-state index contributed by atoms with van der Waals surface area (Å²) < 4.78 is 0. The topological polar surface area (TPSA) is 88.2 Å². The zero-order chi connectivity index (χ0) is 13.1. The van der Waals surface area contributed by atoms with Gasteiger partial charge in [0.2, 0.25) is 5.91 Å². The Hall–Kier alpha value is -1.33. The molecule has 1 aromatic heterocycles. The number of nitrogens with zero attached hydrogens (tertiary/aromatic N) is 1. The summed E-state index contributed by atoms with van der Waals surface area (Å²) in [6.45, 7) is 0. The first-order valence-corrected chi connectivity index (χ1v) is 6.35. The number of aliphatic hydroxyl groups is 1. The maximum Gasteiger partial charge on any atom is 0.250 e. The van der Waals surface area contributed by atoms with Crippen molar-refractivity contribution in [1.29, 1.82) is 0 Å². The minimum Gasteiger partial charge on any atom is -0.391 e. The quantitative estimate of drug-likeness (QED) is 0.777. The summed E-state index contributed by atoms with van der Waals surface area (Å²) >= 11 is 6.03. The second kappa shape index (κ2) is 5.54. The van der Waals surface area contributed by atoms with Crippen LogP contribution in [-0.2, 0) is 0 Å². The van der Waals surface area contributed by atoms with E-state index in [1.807, 2.05) is 0 Å². The molecule has 0 aromatic carbocycles. The van der Waals surface area contributed by atoms with Gasteiger partial charge in [0.05, 0.1) is 22.7 Å². The van der Waals surface area contributed by atoms with E-state index < -0.39 is 5.91 Å². The Balaban J connectivity index is 2.11. The molecule has 0 spiro atoms. The van der Waals surface area contributed by atoms with Crippen LogP contribution in [0.25, 0.3) is 0 Å². The highest BCUT2D eigenvalue weighted by Gasteiger charge is 2.23. The number of rotatable bonds is 3. The molecule has 1 aliphatic rings. The largest absolute Gasteiger partial charge is 0.391 e. The van der Waals surface area contributed by atoms with Crippen molar-refractivity contribution in [2.45, 2.75) is 37.8 Å². The first-order valence-electron chi connectivity index (χ1n) is 5.98. The average Bonchev–Trinajstić information content (AvgIpc) is 2.34. The van der Waals surface area contributed by atoms with Crippen molar-refractivity contribution in [3.63, 3.8) is 0 Å². The smallest absolute Gasteiger partial charge is 0.250 e. The van der Waals surface area contributed by atoms with E-state index in [2.05, 4.69) is 10.3 Å². The molecule has 1 saturated carbocycles. The predicted molar refractivity (Wildman–Crippen MR) is 69.7 cm³/mol. The monoisotopic (exact) mass is 269 g/mol. The molecular formula is C12H16ClN3O2. The number of hydrogen-bond acceptors (Lipinski definition) is 4. The van der Waals surface area contributed by atoms with Crippen LogP contribution in [0, 0.1) is 0 Å². The molecule has 98 valence electrons. The molecular weight excluding hydrogens is 254 g/mol. The lowest BCUT2D eigenvalue weighted by Gasteiger charge is -2.29. The van der Waals surface area contributed by atoms with Crippen molar-refractivity contribution in [3.05, 3.63) is 22.8 Å². The van der Waals surface area contributed by atoms with Crippen LogP contribution in [0.15, 0.2) is 12.3 Å². The van der Waals surface area contributed by atoms with Crippen LogP contribution in [0.5, 0.6) is 0 Å². The molecule has 0 bridgehead atoms. The minimum absolute atomic E-state index is 0.0387. The number of anilines is 1. The van der Waals surface area contributed by atoms with Crippen molar-refractivity contribution in [2.75, 3.05) is 5.32 Å². The van der Waals surface area contributed by atoms with Gasteiger partial charge in [-0.1, -0.05) is 24.4 Å². The van der Waals surface area contributed by atoms with Crippen LogP contribution < -0.4 is 11.1 Å². The van der Waals surface area contributed by atoms with Gasteiger partial charge < -0.3 is 16.2 Å². The van der Waals surface area contributed by atoms with Crippen molar-refractivity contribution >= 4 is 23.3 Å². The van der Waals surface area contributed by atoms with E-state index in [0.717, 1.165) is 25.7 Å². The van der Waals surface area contributed by atoms with E-state index in [0.29, 0.717) is 10.8 Å². The number of aromatic nitrogens is 1. The minimum atomic E-state index is -0.561. The molecule has 2 unspecified atom stereocenters. The SMILES string of the molecule is NC(=O)c1cnc(NC2CCCCC2O)c(Cl)c1. The summed E-state index contributed by atoms with van der Waals surface area (Å²) in [5, 5.41) is 13.3. The zero-order valence-corrected chi connectivity index (χ0v) is 10.7. The van der Waals surface area contributed by atoms with Gasteiger partial charge in [-0.25, -0.2) is 4.98 Å². The van der Waals surface area contributed by atoms with Gasteiger partial charge in [0.25, 0.3) is 0 Å². The number of hydrogen-bond donors (Lipinski definition) is 3. The van der Waals surface area contributed by atoms with E-state index in [-0.39, 0.29) is 17.7 Å². The number of aliphatic hydroxyl groups excluding tert-OH is 1. The molecule has 18 heavy (non-hydrogen) atoms. The number of carbonyl (C=O) groups is 1. The van der Waals surface area contributed by atoms with Gasteiger partial charge in [0.15, 0.2) is 0 Å². The van der Waals surface area contributed by atoms with E-state index in [4.69, 9.17) is 17.3 Å². The number of carbonyl (C=O) groups excluding carboxylic acids is 1. The third-order valence-electron chi connectivity index (χ3n) is 3.18. The molecule has 1 amide bonds. The molecule has 2 rings (SSSR count). The summed E-state index contributed by atoms with van der Waals surface area (Å²) in [5.41, 5.74) is 5.41. The zero-order valence-electron chi connectivity index (χ0n) is 9.90. The molecule has 1 aliphatic carbocycles. The summed E-state index contributed by atoms with van der Waals surface area (Å²) in [5.74, 6) is -0.0822. The first kappa shape index (κ1) is 13.1. The standard InChI is InChI=1S/C12H16ClN3O2/c13-8-5-7(11(14)18)6-15-12(8)16-9-3-1-2-4-10(9)17/h5-6,9-10,17H,1-4H2,(H2,14,18)(H,15,16). The average molecular weight is 270 g/mol. The second-order valence-electron chi connectivity index (χ2n) is 4.52. The van der Waals surface area contributed by atoms with E-state index >= 15 is 0 Å². The van der Waals surface area contributed by atoms with Gasteiger partial charge in [-0.2, -0.15) is 0 Å². The fourth-order valence-electron chi connectivity index (χ4n) is 2.13. The molecule has 1 heterocycles. The van der Waals surface area contributed by atoms with Crippen LogP contribution in [-0.4, -0.2) is 28.1 Å². The molecule has 1 fully saturated rings. The van der Waals surface area contributed by atoms with Crippen LogP contribution in [0.2, 0.25) is 5.02 Å². The van der Waals surface area contributed by atoms with Gasteiger partial charge >= 0.3 is 0 Å². The summed E-state index contributed by atoms with van der Waals surface area (Å²) in [6, 6.07) is 1.44. The number of halogens is 1. The van der Waals surface area contributed by atoms with Crippen molar-refractivity contribution in [1.82, 2.24) is 4.98 Å². The highest BCUT2D eigenvalue weighted by molar-refractivity contribution is 6.33. The van der Waals surface area contributed by atoms with Crippen LogP contribution >= 0.6 is 11.6 Å². The lowest BCUT2D eigenvalue weighted by atomic mass is 9.92. The van der Waals surface area contributed by atoms with Crippen molar-refractivity contribution in [3.8, 4) is 0 Å². The lowest BCUT2D eigenvalue weighted by Crippen LogP contribution is -2.36. The molecule has 6 heteroatoms. The Morgan fingerprint density at radius 2 is 2.22 bits per heavy atom. The number of amides is 1. The van der Waals surface area contributed by atoms with Gasteiger partial charge in [0.1, 0.15) is 5.82 Å². The van der Waals surface area contributed by atoms with E-state index in [1.165, 1.54) is 12.3 Å². The Morgan fingerprint density at radius 1 is 1.50 bits per heavy atom.